The molecule has 32 heavy (non-hydrogen) atoms. The second-order valence-corrected chi connectivity index (χ2v) is 9.23. The molecular weight excluding hydrogens is 420 g/mol. The van der Waals surface area contributed by atoms with E-state index in [0.29, 0.717) is 0 Å². The molecule has 1 saturated heterocycles. The summed E-state index contributed by atoms with van der Waals surface area (Å²) in [6.45, 7) is 8.17. The summed E-state index contributed by atoms with van der Waals surface area (Å²) in [5, 5.41) is 3.50. The Morgan fingerprint density at radius 1 is 0.750 bits per heavy atom. The fourth-order valence-corrected chi connectivity index (χ4v) is 4.99. The van der Waals surface area contributed by atoms with Crippen molar-refractivity contribution in [1.82, 2.24) is 9.80 Å². The first-order chi connectivity index (χ1) is 15.7. The van der Waals surface area contributed by atoms with Crippen LogP contribution in [0.2, 0.25) is 0 Å². The van der Waals surface area contributed by atoms with Crippen LogP contribution >= 0.6 is 11.3 Å². The number of nitrogens with zero attached hydrogens (tertiary/aromatic N) is 2. The molecule has 0 unspecified atom stereocenters. The first kappa shape index (κ1) is 23.1. The maximum absolute atomic E-state index is 5.93. The van der Waals surface area contributed by atoms with Crippen molar-refractivity contribution in [3.05, 3.63) is 59.0 Å². The molecule has 1 aliphatic rings. The lowest BCUT2D eigenvalue weighted by Crippen LogP contribution is -2.47. The Morgan fingerprint density at radius 3 is 2.25 bits per heavy atom. The second-order valence-electron chi connectivity index (χ2n) is 8.28. The summed E-state index contributed by atoms with van der Waals surface area (Å²) in [6.07, 6.45) is 2.01. The Kier molecular flexibility index (Phi) is 8.40. The van der Waals surface area contributed by atoms with Crippen molar-refractivity contribution in [2.24, 2.45) is 0 Å². The van der Waals surface area contributed by atoms with E-state index >= 15 is 0 Å². The minimum atomic E-state index is 0.788. The molecule has 4 rings (SSSR count). The third kappa shape index (κ3) is 6.23. The third-order valence-corrected chi connectivity index (χ3v) is 7.13. The highest BCUT2D eigenvalue weighted by atomic mass is 32.1. The maximum atomic E-state index is 5.93. The zero-order chi connectivity index (χ0) is 22.2. The van der Waals surface area contributed by atoms with Crippen LogP contribution in [-0.4, -0.2) is 76.5 Å². The number of fused-ring (bicyclic) bond motifs is 1. The van der Waals surface area contributed by atoms with Gasteiger partial charge in [-0.25, -0.2) is 0 Å². The van der Waals surface area contributed by atoms with Gasteiger partial charge in [-0.3, -0.25) is 4.90 Å². The van der Waals surface area contributed by atoms with Crippen LogP contribution in [0.1, 0.15) is 11.1 Å². The first-order valence-corrected chi connectivity index (χ1v) is 12.3. The van der Waals surface area contributed by atoms with Crippen molar-refractivity contribution in [2.75, 3.05) is 66.7 Å². The fraction of sp³-hybridized carbons (Fsp3) is 0.462. The second kappa shape index (κ2) is 11.7. The quantitative estimate of drug-likeness (QED) is 0.403. The zero-order valence-electron chi connectivity index (χ0n) is 19.2. The molecule has 3 aromatic rings. The van der Waals surface area contributed by atoms with Crippen LogP contribution in [0.3, 0.4) is 0 Å². The van der Waals surface area contributed by atoms with Gasteiger partial charge in [-0.05, 0) is 59.0 Å². The Bertz CT molecular complexity index is 982. The largest absolute Gasteiger partial charge is 0.493 e. The van der Waals surface area contributed by atoms with Crippen molar-refractivity contribution in [2.45, 2.75) is 12.8 Å². The lowest BCUT2D eigenvalue weighted by atomic mass is 10.1. The summed E-state index contributed by atoms with van der Waals surface area (Å²) in [4.78, 5) is 5.07. The van der Waals surface area contributed by atoms with E-state index in [1.807, 2.05) is 6.07 Å². The van der Waals surface area contributed by atoms with Gasteiger partial charge in [-0.1, -0.05) is 18.2 Å². The number of hydrogen-bond donors (Lipinski definition) is 0. The minimum absolute atomic E-state index is 0.788. The molecule has 2 heterocycles. The van der Waals surface area contributed by atoms with E-state index in [1.54, 1.807) is 25.6 Å². The monoisotopic (exact) mass is 454 g/mol. The average molecular weight is 455 g/mol. The normalized spacial score (nSPS) is 15.3. The number of piperazine rings is 1. The molecule has 0 bridgehead atoms. The highest BCUT2D eigenvalue weighted by molar-refractivity contribution is 7.17. The van der Waals surface area contributed by atoms with E-state index in [2.05, 4.69) is 51.6 Å². The summed E-state index contributed by atoms with van der Waals surface area (Å²) in [5.74, 6) is 1.59. The van der Waals surface area contributed by atoms with E-state index in [0.717, 1.165) is 76.8 Å². The van der Waals surface area contributed by atoms with Crippen LogP contribution in [-0.2, 0) is 17.6 Å². The van der Waals surface area contributed by atoms with Gasteiger partial charge in [0.05, 0.1) is 27.4 Å². The van der Waals surface area contributed by atoms with Crippen molar-refractivity contribution in [3.63, 3.8) is 0 Å². The van der Waals surface area contributed by atoms with Crippen LogP contribution in [0, 0.1) is 0 Å². The first-order valence-electron chi connectivity index (χ1n) is 11.4. The molecule has 0 amide bonds. The topological polar surface area (TPSA) is 34.2 Å². The van der Waals surface area contributed by atoms with E-state index in [4.69, 9.17) is 14.2 Å². The van der Waals surface area contributed by atoms with Gasteiger partial charge in [0.1, 0.15) is 0 Å². The molecule has 1 fully saturated rings. The Labute approximate surface area is 195 Å². The number of thiophene rings is 1. The number of ether oxygens (including phenoxy) is 3. The lowest BCUT2D eigenvalue weighted by Gasteiger charge is -2.34. The van der Waals surface area contributed by atoms with Gasteiger partial charge in [-0.15, -0.1) is 11.3 Å². The SMILES string of the molecule is COc1ccc(CCN2CCN(CCOCCc3ccc4sccc4c3)CC2)cc1OC. The van der Waals surface area contributed by atoms with Gasteiger partial charge < -0.3 is 19.1 Å². The number of hydrogen-bond acceptors (Lipinski definition) is 6. The molecule has 0 aliphatic carbocycles. The molecule has 1 aromatic heterocycles. The Balaban J connectivity index is 1.09. The smallest absolute Gasteiger partial charge is 0.160 e. The summed E-state index contributed by atoms with van der Waals surface area (Å²) in [6, 6.07) is 15.1. The molecule has 172 valence electrons. The lowest BCUT2D eigenvalue weighted by molar-refractivity contribution is 0.0771. The summed E-state index contributed by atoms with van der Waals surface area (Å²) in [7, 11) is 3.36. The van der Waals surface area contributed by atoms with Crippen LogP contribution in [0.5, 0.6) is 11.5 Å². The molecule has 0 radical (unpaired) electrons. The number of methoxy groups -OCH3 is 2. The summed E-state index contributed by atoms with van der Waals surface area (Å²) in [5.41, 5.74) is 2.65. The highest BCUT2D eigenvalue weighted by Gasteiger charge is 2.16. The third-order valence-electron chi connectivity index (χ3n) is 6.23. The highest BCUT2D eigenvalue weighted by Crippen LogP contribution is 2.27. The van der Waals surface area contributed by atoms with Gasteiger partial charge in [-0.2, -0.15) is 0 Å². The van der Waals surface area contributed by atoms with Gasteiger partial charge in [0.25, 0.3) is 0 Å². The molecule has 0 N–H and O–H groups in total. The standard InChI is InChI=1S/C26H34N2O3S/c1-29-24-5-3-21(20-25(24)30-2)7-10-27-11-13-28(14-12-27)15-17-31-16-8-22-4-6-26-23(19-22)9-18-32-26/h3-6,9,18-20H,7-8,10-17H2,1-2H3. The number of benzene rings is 2. The van der Waals surface area contributed by atoms with Gasteiger partial charge in [0.2, 0.25) is 0 Å². The minimum Gasteiger partial charge on any atom is -0.493 e. The Hall–Kier alpha value is -2.12. The van der Waals surface area contributed by atoms with E-state index < -0.39 is 0 Å². The van der Waals surface area contributed by atoms with Crippen molar-refractivity contribution in [3.8, 4) is 11.5 Å². The number of rotatable bonds is 11. The van der Waals surface area contributed by atoms with Crippen LogP contribution < -0.4 is 9.47 Å². The van der Waals surface area contributed by atoms with Crippen molar-refractivity contribution < 1.29 is 14.2 Å². The van der Waals surface area contributed by atoms with Gasteiger partial charge in [0, 0.05) is 44.0 Å². The van der Waals surface area contributed by atoms with Gasteiger partial charge >= 0.3 is 0 Å². The zero-order valence-corrected chi connectivity index (χ0v) is 20.0. The van der Waals surface area contributed by atoms with Crippen molar-refractivity contribution >= 4 is 21.4 Å². The molecular formula is C26H34N2O3S. The van der Waals surface area contributed by atoms with E-state index in [1.165, 1.54) is 21.2 Å². The van der Waals surface area contributed by atoms with Crippen LogP contribution in [0.25, 0.3) is 10.1 Å². The van der Waals surface area contributed by atoms with E-state index in [-0.39, 0.29) is 0 Å². The molecule has 6 heteroatoms. The molecule has 0 atom stereocenters. The fourth-order valence-electron chi connectivity index (χ4n) is 4.22. The predicted octanol–water partition coefficient (Wildman–Crippen LogP) is 4.34. The molecule has 2 aromatic carbocycles. The van der Waals surface area contributed by atoms with Crippen LogP contribution in [0.15, 0.2) is 47.8 Å². The molecule has 1 aliphatic heterocycles. The molecule has 5 nitrogen and oxygen atoms in total. The predicted molar refractivity (Wildman–Crippen MR) is 132 cm³/mol. The maximum Gasteiger partial charge on any atom is 0.160 e. The average Bonchev–Trinajstić information content (AvgIpc) is 3.31. The summed E-state index contributed by atoms with van der Waals surface area (Å²) >= 11 is 1.80. The van der Waals surface area contributed by atoms with E-state index in [9.17, 15) is 0 Å². The molecule has 0 saturated carbocycles. The van der Waals surface area contributed by atoms with Crippen molar-refractivity contribution in [1.29, 1.82) is 0 Å². The molecule has 0 spiro atoms. The van der Waals surface area contributed by atoms with Gasteiger partial charge in [0.15, 0.2) is 11.5 Å². The summed E-state index contributed by atoms with van der Waals surface area (Å²) < 4.78 is 18.0. The van der Waals surface area contributed by atoms with Crippen LogP contribution in [0.4, 0.5) is 0 Å². The Morgan fingerprint density at radius 2 is 1.47 bits per heavy atom.